The van der Waals surface area contributed by atoms with Crippen molar-refractivity contribution in [3.8, 4) is 11.5 Å². The van der Waals surface area contributed by atoms with Gasteiger partial charge in [-0.15, -0.1) is 0 Å². The summed E-state index contributed by atoms with van der Waals surface area (Å²) in [6.07, 6.45) is 1.45. The Hall–Kier alpha value is -4.07. The summed E-state index contributed by atoms with van der Waals surface area (Å²) in [5.41, 5.74) is 5.27. The number of nitrogens with zero attached hydrogens (tertiary/aromatic N) is 1. The Kier molecular flexibility index (Phi) is 6.71. The first-order valence-corrected chi connectivity index (χ1v) is 9.45. The summed E-state index contributed by atoms with van der Waals surface area (Å²) in [5, 5.41) is 6.99. The van der Waals surface area contributed by atoms with Crippen LogP contribution in [0.3, 0.4) is 0 Å². The van der Waals surface area contributed by atoms with Gasteiger partial charge in [-0.3, -0.25) is 9.59 Å². The number of nitrogens with one attached hydrogen (secondary N) is 2. The van der Waals surface area contributed by atoms with Gasteiger partial charge in [0.15, 0.2) is 11.5 Å². The molecule has 0 aliphatic carbocycles. The lowest BCUT2D eigenvalue weighted by molar-refractivity contribution is 0.0952. The number of methoxy groups -OCH3 is 2. The average molecular weight is 421 g/mol. The summed E-state index contributed by atoms with van der Waals surface area (Å²) in [5.74, 6) is 0.876. The smallest absolute Gasteiger partial charge is 0.274 e. The highest BCUT2D eigenvalue weighted by Crippen LogP contribution is 2.28. The molecule has 2 aromatic carbocycles. The van der Waals surface area contributed by atoms with Gasteiger partial charge in [0.25, 0.3) is 11.8 Å². The van der Waals surface area contributed by atoms with Crippen molar-refractivity contribution < 1.29 is 23.5 Å². The molecule has 8 heteroatoms. The fourth-order valence-electron chi connectivity index (χ4n) is 2.88. The van der Waals surface area contributed by atoms with Crippen molar-refractivity contribution in [2.24, 2.45) is 5.10 Å². The third kappa shape index (κ3) is 5.11. The average Bonchev–Trinajstić information content (AvgIpc) is 3.22. The predicted molar refractivity (Wildman–Crippen MR) is 117 cm³/mol. The van der Waals surface area contributed by atoms with E-state index in [2.05, 4.69) is 15.8 Å². The maximum absolute atomic E-state index is 12.6. The van der Waals surface area contributed by atoms with E-state index in [-0.39, 0.29) is 11.8 Å². The first kappa shape index (κ1) is 21.6. The molecule has 0 atom stereocenters. The van der Waals surface area contributed by atoms with Crippen LogP contribution in [0.4, 0.5) is 5.69 Å². The number of carbonyl (C=O) groups is 2. The number of carbonyl (C=O) groups excluding carboxylic acids is 2. The highest BCUT2D eigenvalue weighted by atomic mass is 16.5. The first-order valence-electron chi connectivity index (χ1n) is 9.45. The molecule has 0 radical (unpaired) electrons. The fraction of sp³-hybridized carbons (Fsp3) is 0.174. The van der Waals surface area contributed by atoms with E-state index in [0.717, 1.165) is 5.56 Å². The summed E-state index contributed by atoms with van der Waals surface area (Å²) in [6.45, 7) is 3.47. The SMILES string of the molecule is COc1ccc(C(=O)Nc2cccc(/C(C)=N\NC(=O)c3ccoc3C)c2)cc1OC. The molecule has 8 nitrogen and oxygen atoms in total. The number of hydrogen-bond acceptors (Lipinski definition) is 6. The van der Waals surface area contributed by atoms with Crippen LogP contribution >= 0.6 is 0 Å². The molecule has 2 amide bonds. The van der Waals surface area contributed by atoms with E-state index in [1.165, 1.54) is 20.5 Å². The van der Waals surface area contributed by atoms with Gasteiger partial charge in [0.1, 0.15) is 5.76 Å². The minimum atomic E-state index is -0.358. The molecule has 3 aromatic rings. The minimum Gasteiger partial charge on any atom is -0.493 e. The van der Waals surface area contributed by atoms with E-state index < -0.39 is 0 Å². The Morgan fingerprint density at radius 2 is 1.71 bits per heavy atom. The topological polar surface area (TPSA) is 102 Å². The van der Waals surface area contributed by atoms with Crippen molar-refractivity contribution in [1.29, 1.82) is 0 Å². The third-order valence-electron chi connectivity index (χ3n) is 4.61. The number of aryl methyl sites for hydroxylation is 1. The van der Waals surface area contributed by atoms with Crippen molar-refractivity contribution in [1.82, 2.24) is 5.43 Å². The molecule has 160 valence electrons. The van der Waals surface area contributed by atoms with Crippen LogP contribution in [0.25, 0.3) is 0 Å². The molecule has 0 fully saturated rings. The number of hydrogen-bond donors (Lipinski definition) is 2. The highest BCUT2D eigenvalue weighted by molar-refractivity contribution is 6.06. The van der Waals surface area contributed by atoms with Gasteiger partial charge in [0.2, 0.25) is 0 Å². The van der Waals surface area contributed by atoms with Gasteiger partial charge < -0.3 is 19.2 Å². The molecule has 2 N–H and O–H groups in total. The molecule has 3 rings (SSSR count). The van der Waals surface area contributed by atoms with E-state index in [0.29, 0.717) is 39.8 Å². The molecule has 0 spiro atoms. The van der Waals surface area contributed by atoms with Crippen LogP contribution < -0.4 is 20.2 Å². The Labute approximate surface area is 179 Å². The number of anilines is 1. The van der Waals surface area contributed by atoms with Crippen molar-refractivity contribution in [2.75, 3.05) is 19.5 Å². The molecule has 0 saturated heterocycles. The second-order valence-corrected chi connectivity index (χ2v) is 6.63. The lowest BCUT2D eigenvalue weighted by Crippen LogP contribution is -2.19. The van der Waals surface area contributed by atoms with E-state index >= 15 is 0 Å². The van der Waals surface area contributed by atoms with Crippen molar-refractivity contribution in [3.63, 3.8) is 0 Å². The Morgan fingerprint density at radius 3 is 2.39 bits per heavy atom. The van der Waals surface area contributed by atoms with Gasteiger partial charge in [-0.05, 0) is 55.8 Å². The zero-order valence-corrected chi connectivity index (χ0v) is 17.7. The Bertz CT molecular complexity index is 1130. The van der Waals surface area contributed by atoms with Crippen LogP contribution in [0.1, 0.15) is 39.0 Å². The Balaban J connectivity index is 1.71. The van der Waals surface area contributed by atoms with Gasteiger partial charge in [-0.1, -0.05) is 12.1 Å². The lowest BCUT2D eigenvalue weighted by Gasteiger charge is -2.11. The largest absolute Gasteiger partial charge is 0.493 e. The molecular formula is C23H23N3O5. The highest BCUT2D eigenvalue weighted by Gasteiger charge is 2.13. The van der Waals surface area contributed by atoms with Crippen LogP contribution in [0.2, 0.25) is 0 Å². The fourth-order valence-corrected chi connectivity index (χ4v) is 2.88. The van der Waals surface area contributed by atoms with E-state index in [4.69, 9.17) is 13.9 Å². The predicted octanol–water partition coefficient (Wildman–Crippen LogP) is 4.01. The van der Waals surface area contributed by atoms with Crippen LogP contribution in [0, 0.1) is 6.92 Å². The molecular weight excluding hydrogens is 398 g/mol. The molecule has 0 unspecified atom stereocenters. The summed E-state index contributed by atoms with van der Waals surface area (Å²) < 4.78 is 15.6. The second-order valence-electron chi connectivity index (χ2n) is 6.63. The quantitative estimate of drug-likeness (QED) is 0.443. The van der Waals surface area contributed by atoms with Gasteiger partial charge >= 0.3 is 0 Å². The zero-order valence-electron chi connectivity index (χ0n) is 17.7. The normalized spacial score (nSPS) is 11.0. The molecule has 0 saturated carbocycles. The molecule has 0 aliphatic rings. The van der Waals surface area contributed by atoms with E-state index in [1.54, 1.807) is 56.3 Å². The maximum atomic E-state index is 12.6. The van der Waals surface area contributed by atoms with Crippen molar-refractivity contribution in [3.05, 3.63) is 77.2 Å². The van der Waals surface area contributed by atoms with Gasteiger partial charge in [-0.2, -0.15) is 5.10 Å². The summed E-state index contributed by atoms with van der Waals surface area (Å²) in [7, 11) is 3.05. The summed E-state index contributed by atoms with van der Waals surface area (Å²) >= 11 is 0. The minimum absolute atomic E-state index is 0.295. The van der Waals surface area contributed by atoms with Crippen molar-refractivity contribution in [2.45, 2.75) is 13.8 Å². The molecule has 1 heterocycles. The van der Waals surface area contributed by atoms with Crippen molar-refractivity contribution >= 4 is 23.2 Å². The third-order valence-corrected chi connectivity index (χ3v) is 4.61. The van der Waals surface area contributed by atoms with Gasteiger partial charge in [-0.25, -0.2) is 5.43 Å². The molecule has 0 bridgehead atoms. The van der Waals surface area contributed by atoms with Crippen LogP contribution in [0.5, 0.6) is 11.5 Å². The molecule has 1 aromatic heterocycles. The van der Waals surface area contributed by atoms with Crippen LogP contribution in [0.15, 0.2) is 64.3 Å². The second kappa shape index (κ2) is 9.62. The summed E-state index contributed by atoms with van der Waals surface area (Å²) in [6, 6.07) is 13.7. The first-order chi connectivity index (χ1) is 14.9. The molecule has 31 heavy (non-hydrogen) atoms. The number of hydrazone groups is 1. The zero-order chi connectivity index (χ0) is 22.4. The number of rotatable bonds is 7. The van der Waals surface area contributed by atoms with Gasteiger partial charge in [0.05, 0.1) is 31.8 Å². The van der Waals surface area contributed by atoms with E-state index in [9.17, 15) is 9.59 Å². The Morgan fingerprint density at radius 1 is 0.935 bits per heavy atom. The van der Waals surface area contributed by atoms with E-state index in [1.807, 2.05) is 6.07 Å². The number of benzene rings is 2. The van der Waals surface area contributed by atoms with Crippen LogP contribution in [-0.2, 0) is 0 Å². The summed E-state index contributed by atoms with van der Waals surface area (Å²) in [4.78, 5) is 24.8. The standard InChI is InChI=1S/C23H23N3O5/c1-14(25-26-23(28)19-10-11-31-15(19)2)16-6-5-7-18(12-16)24-22(27)17-8-9-20(29-3)21(13-17)30-4/h5-13H,1-4H3,(H,24,27)(H,26,28)/b25-14-. The molecule has 0 aliphatic heterocycles. The number of amides is 2. The van der Waals surface area contributed by atoms with Crippen LogP contribution in [-0.4, -0.2) is 31.7 Å². The van der Waals surface area contributed by atoms with Gasteiger partial charge in [0, 0.05) is 11.3 Å². The number of ether oxygens (including phenoxy) is 2. The number of furan rings is 1. The lowest BCUT2D eigenvalue weighted by atomic mass is 10.1. The maximum Gasteiger partial charge on any atom is 0.274 e. The monoisotopic (exact) mass is 421 g/mol.